The molecule has 284 valence electrons. The molecule has 0 unspecified atom stereocenters. The zero-order valence-corrected chi connectivity index (χ0v) is 30.6. The number of hydrogen-bond acceptors (Lipinski definition) is 10. The first-order valence-electron chi connectivity index (χ1n) is 18.3. The molecule has 15 heteroatoms. The molecule has 1 saturated heterocycles. The number of halogens is 1. The molecule has 1 N–H and O–H groups in total. The minimum Gasteiger partial charge on any atom is -0.492 e. The van der Waals surface area contributed by atoms with Crippen molar-refractivity contribution >= 4 is 27.6 Å². The smallest absolute Gasteiger partial charge is 0.272 e. The number of carbonyl (C=O) groups is 1. The number of amides is 1. The maximum atomic E-state index is 15.0. The molecule has 56 heavy (non-hydrogen) atoms. The third kappa shape index (κ3) is 7.88. The molecular weight excluding hydrogens is 718 g/mol. The van der Waals surface area contributed by atoms with E-state index in [1.54, 1.807) is 58.4 Å². The number of nitrogens with one attached hydrogen (secondary N) is 1. The quantitative estimate of drug-likeness (QED) is 0.193. The summed E-state index contributed by atoms with van der Waals surface area (Å²) in [5.41, 5.74) is 3.07. The number of hydrogen-bond donors (Lipinski definition) is 1. The molecule has 8 rings (SSSR count). The van der Waals surface area contributed by atoms with Gasteiger partial charge in [-0.1, -0.05) is 24.3 Å². The topological polar surface area (TPSA) is 153 Å². The lowest BCUT2D eigenvalue weighted by Gasteiger charge is -2.34. The maximum Gasteiger partial charge on any atom is 0.272 e. The van der Waals surface area contributed by atoms with Gasteiger partial charge < -0.3 is 14.4 Å². The van der Waals surface area contributed by atoms with E-state index in [2.05, 4.69) is 30.3 Å². The Morgan fingerprint density at radius 3 is 2.52 bits per heavy atom. The Labute approximate surface area is 319 Å². The van der Waals surface area contributed by atoms with Crippen molar-refractivity contribution < 1.29 is 18.7 Å². The minimum atomic E-state index is -0.575. The largest absolute Gasteiger partial charge is 0.492 e. The Morgan fingerprint density at radius 1 is 0.875 bits per heavy atom. The summed E-state index contributed by atoms with van der Waals surface area (Å²) in [6.07, 6.45) is 5.54. The van der Waals surface area contributed by atoms with Crippen molar-refractivity contribution in [2.75, 3.05) is 45.9 Å². The van der Waals surface area contributed by atoms with Crippen LogP contribution in [-0.2, 0) is 20.0 Å². The minimum absolute atomic E-state index is 0.0190. The fourth-order valence-corrected chi connectivity index (χ4v) is 6.86. The number of benzene rings is 3. The molecule has 0 atom stereocenters. The first-order valence-corrected chi connectivity index (χ1v) is 18.3. The van der Waals surface area contributed by atoms with Gasteiger partial charge >= 0.3 is 0 Å². The standard InChI is InChI=1S/C41H38FN9O5/c1-48-26-28(25-44-48)35-10-11-39(52)51(47-35)19-21-56-38-12-13-43-36-24-29(7-8-32(36)38)55-20-18-49-14-16-50(17-15-49)41(54)33-22-27(6-9-34(33)42)23-37-30-4-2-3-5-31(30)40(53)46-45-37/h2-13,22,24-26H,14-21,23H2,1H3,(H,46,53). The highest BCUT2D eigenvalue weighted by Crippen LogP contribution is 2.27. The number of piperazine rings is 1. The summed E-state index contributed by atoms with van der Waals surface area (Å²) in [5.74, 6) is 0.373. The van der Waals surface area contributed by atoms with Gasteiger partial charge in [0.25, 0.3) is 17.0 Å². The normalized spacial score (nSPS) is 13.4. The zero-order chi connectivity index (χ0) is 38.6. The second-order valence-electron chi connectivity index (χ2n) is 13.5. The number of ether oxygens (including phenoxy) is 2. The molecule has 0 bridgehead atoms. The van der Waals surface area contributed by atoms with Gasteiger partial charge in [0.15, 0.2) is 0 Å². The number of H-pyrrole nitrogens is 1. The number of aromatic amines is 1. The average molecular weight is 756 g/mol. The van der Waals surface area contributed by atoms with Gasteiger partial charge in [0.05, 0.1) is 40.6 Å². The molecule has 0 spiro atoms. The van der Waals surface area contributed by atoms with Crippen molar-refractivity contribution in [3.63, 3.8) is 0 Å². The summed E-state index contributed by atoms with van der Waals surface area (Å²) in [7, 11) is 1.82. The van der Waals surface area contributed by atoms with Gasteiger partial charge in [0, 0.05) is 87.1 Å². The number of pyridine rings is 1. The number of carbonyl (C=O) groups excluding carboxylic acids is 1. The van der Waals surface area contributed by atoms with E-state index in [9.17, 15) is 18.8 Å². The summed E-state index contributed by atoms with van der Waals surface area (Å²) in [4.78, 5) is 46.5. The summed E-state index contributed by atoms with van der Waals surface area (Å²) in [6, 6.07) is 22.3. The highest BCUT2D eigenvalue weighted by atomic mass is 19.1. The van der Waals surface area contributed by atoms with Crippen LogP contribution in [0.25, 0.3) is 32.9 Å². The first-order chi connectivity index (χ1) is 27.3. The van der Waals surface area contributed by atoms with E-state index >= 15 is 0 Å². The average Bonchev–Trinajstić information content (AvgIpc) is 3.66. The molecule has 0 saturated carbocycles. The van der Waals surface area contributed by atoms with Crippen molar-refractivity contribution in [2.24, 2.45) is 7.05 Å². The number of aromatic nitrogens is 7. The van der Waals surface area contributed by atoms with E-state index in [1.807, 2.05) is 43.6 Å². The second kappa shape index (κ2) is 15.9. The molecule has 3 aromatic carbocycles. The molecule has 5 heterocycles. The Bertz CT molecular complexity index is 2670. The molecule has 14 nitrogen and oxygen atoms in total. The van der Waals surface area contributed by atoms with Gasteiger partial charge in [0.1, 0.15) is 30.5 Å². The van der Waals surface area contributed by atoms with Gasteiger partial charge in [0.2, 0.25) is 0 Å². The highest BCUT2D eigenvalue weighted by Gasteiger charge is 2.25. The van der Waals surface area contributed by atoms with Gasteiger partial charge in [-0.15, -0.1) is 0 Å². The molecule has 1 aliphatic heterocycles. The van der Waals surface area contributed by atoms with Crippen LogP contribution in [0.3, 0.4) is 0 Å². The summed E-state index contributed by atoms with van der Waals surface area (Å²) in [6.45, 7) is 3.73. The van der Waals surface area contributed by atoms with Crippen LogP contribution in [0.4, 0.5) is 4.39 Å². The Kier molecular flexibility index (Phi) is 10.3. The molecule has 1 aliphatic rings. The van der Waals surface area contributed by atoms with E-state index < -0.39 is 5.82 Å². The predicted octanol–water partition coefficient (Wildman–Crippen LogP) is 4.07. The van der Waals surface area contributed by atoms with Crippen molar-refractivity contribution in [2.45, 2.75) is 13.0 Å². The number of nitrogens with zero attached hydrogens (tertiary/aromatic N) is 8. The first kappa shape index (κ1) is 36.2. The summed E-state index contributed by atoms with van der Waals surface area (Å²) in [5, 5.41) is 17.5. The number of aryl methyl sites for hydroxylation is 1. The van der Waals surface area contributed by atoms with Gasteiger partial charge in [-0.2, -0.15) is 15.3 Å². The lowest BCUT2D eigenvalue weighted by molar-refractivity contribution is 0.0615. The van der Waals surface area contributed by atoms with Crippen LogP contribution in [0.1, 0.15) is 21.6 Å². The van der Waals surface area contributed by atoms with Crippen molar-refractivity contribution in [1.82, 2.24) is 44.5 Å². The van der Waals surface area contributed by atoms with E-state index in [0.29, 0.717) is 79.5 Å². The summed E-state index contributed by atoms with van der Waals surface area (Å²) < 4.78 is 30.2. The monoisotopic (exact) mass is 755 g/mol. The van der Waals surface area contributed by atoms with Crippen molar-refractivity contribution in [3.8, 4) is 22.8 Å². The SMILES string of the molecule is Cn1cc(-c2ccc(=O)n(CCOc3ccnc4cc(OCCN5CCN(C(=O)c6cc(Cc7n[nH]c(=O)c8ccccc78)ccc6F)CC5)ccc34)n2)cn1. The molecule has 7 aromatic rings. The van der Waals surface area contributed by atoms with Crippen LogP contribution in [-0.4, -0.2) is 96.4 Å². The molecule has 0 radical (unpaired) electrons. The Hall–Kier alpha value is -6.74. The molecule has 0 aliphatic carbocycles. The Balaban J connectivity index is 0.822. The van der Waals surface area contributed by atoms with Crippen LogP contribution in [0, 0.1) is 5.82 Å². The van der Waals surface area contributed by atoms with E-state index in [-0.39, 0.29) is 35.7 Å². The second-order valence-corrected chi connectivity index (χ2v) is 13.5. The fraction of sp³-hybridized carbons (Fsp3) is 0.244. The van der Waals surface area contributed by atoms with E-state index in [1.165, 1.54) is 16.8 Å². The third-order valence-corrected chi connectivity index (χ3v) is 9.85. The van der Waals surface area contributed by atoms with Crippen molar-refractivity contribution in [1.29, 1.82) is 0 Å². The lowest BCUT2D eigenvalue weighted by Crippen LogP contribution is -2.49. The fourth-order valence-electron chi connectivity index (χ4n) is 6.86. The van der Waals surface area contributed by atoms with Crippen LogP contribution in [0.5, 0.6) is 11.5 Å². The van der Waals surface area contributed by atoms with Crippen LogP contribution >= 0.6 is 0 Å². The van der Waals surface area contributed by atoms with Crippen molar-refractivity contribution in [3.05, 3.63) is 141 Å². The highest BCUT2D eigenvalue weighted by molar-refractivity contribution is 5.95. The van der Waals surface area contributed by atoms with Gasteiger partial charge in [-0.25, -0.2) is 14.2 Å². The van der Waals surface area contributed by atoms with E-state index in [4.69, 9.17) is 9.47 Å². The van der Waals surface area contributed by atoms with Crippen LogP contribution in [0.2, 0.25) is 0 Å². The molecule has 4 aromatic heterocycles. The summed E-state index contributed by atoms with van der Waals surface area (Å²) >= 11 is 0. The zero-order valence-electron chi connectivity index (χ0n) is 30.6. The van der Waals surface area contributed by atoms with Gasteiger partial charge in [-0.05, 0) is 48.0 Å². The molecular formula is C41H38FN9O5. The Morgan fingerprint density at radius 2 is 1.70 bits per heavy atom. The molecule has 1 fully saturated rings. The third-order valence-electron chi connectivity index (χ3n) is 9.85. The number of fused-ring (bicyclic) bond motifs is 2. The number of rotatable bonds is 12. The van der Waals surface area contributed by atoms with Gasteiger partial charge in [-0.3, -0.25) is 28.9 Å². The van der Waals surface area contributed by atoms with Crippen LogP contribution < -0.4 is 20.6 Å². The molecule has 1 amide bonds. The van der Waals surface area contributed by atoms with E-state index in [0.717, 1.165) is 21.9 Å². The van der Waals surface area contributed by atoms with Crippen LogP contribution in [0.15, 0.2) is 107 Å². The lowest BCUT2D eigenvalue weighted by atomic mass is 10.0. The predicted molar refractivity (Wildman–Crippen MR) is 207 cm³/mol. The maximum absolute atomic E-state index is 15.0.